The molecule has 0 radical (unpaired) electrons. The molecule has 0 aliphatic carbocycles. The maximum Gasteiger partial charge on any atom is 0.0455 e. The van der Waals surface area contributed by atoms with E-state index >= 15 is 0 Å². The first-order valence-electron chi connectivity index (χ1n) is 4.72. The van der Waals surface area contributed by atoms with E-state index in [2.05, 4.69) is 13.0 Å². The number of rotatable bonds is 3. The lowest BCUT2D eigenvalue weighted by Crippen LogP contribution is -1.94. The van der Waals surface area contributed by atoms with Crippen LogP contribution in [-0.2, 0) is 0 Å². The quantitative estimate of drug-likeness (QED) is 0.635. The highest BCUT2D eigenvalue weighted by atomic mass is 35.5. The van der Waals surface area contributed by atoms with Gasteiger partial charge in [-0.3, -0.25) is 0 Å². The molecule has 76 valence electrons. The summed E-state index contributed by atoms with van der Waals surface area (Å²) in [6, 6.07) is 5.64. The van der Waals surface area contributed by atoms with Crippen LogP contribution in [0, 0.1) is 0 Å². The topological polar surface area (TPSA) is 0 Å². The fourth-order valence-electron chi connectivity index (χ4n) is 1.44. The predicted octanol–water partition coefficient (Wildman–Crippen LogP) is 5.06. The zero-order valence-corrected chi connectivity index (χ0v) is 9.94. The first-order valence-corrected chi connectivity index (χ1v) is 5.47. The van der Waals surface area contributed by atoms with Crippen LogP contribution < -0.4 is 0 Å². The van der Waals surface area contributed by atoms with Gasteiger partial charge in [-0.2, -0.15) is 0 Å². The molecule has 0 aromatic heterocycles. The van der Waals surface area contributed by atoms with Gasteiger partial charge < -0.3 is 0 Å². The normalized spacial score (nSPS) is 13.4. The molecule has 1 aromatic rings. The highest BCUT2D eigenvalue weighted by Crippen LogP contribution is 2.33. The summed E-state index contributed by atoms with van der Waals surface area (Å²) >= 11 is 12.2. The van der Waals surface area contributed by atoms with Crippen molar-refractivity contribution in [3.05, 3.63) is 46.0 Å². The van der Waals surface area contributed by atoms with Crippen molar-refractivity contribution in [2.24, 2.45) is 0 Å². The van der Waals surface area contributed by atoms with Crippen LogP contribution in [-0.4, -0.2) is 0 Å². The summed E-state index contributed by atoms with van der Waals surface area (Å²) in [4.78, 5) is 0. The van der Waals surface area contributed by atoms with Gasteiger partial charge in [0.1, 0.15) is 0 Å². The smallest absolute Gasteiger partial charge is 0.0455 e. The third kappa shape index (κ3) is 2.76. The molecule has 0 nitrogen and oxygen atoms in total. The van der Waals surface area contributed by atoms with E-state index in [0.717, 1.165) is 22.0 Å². The van der Waals surface area contributed by atoms with Crippen LogP contribution in [0.25, 0.3) is 0 Å². The molecule has 0 N–H and O–H groups in total. The Hall–Kier alpha value is -0.460. The number of halogens is 2. The van der Waals surface area contributed by atoms with Crippen LogP contribution >= 0.6 is 23.2 Å². The fraction of sp³-hybridized carbons (Fsp3) is 0.333. The zero-order chi connectivity index (χ0) is 10.6. The number of allylic oxidation sites excluding steroid dienone is 2. The van der Waals surface area contributed by atoms with Gasteiger partial charge in [0.15, 0.2) is 0 Å². The second-order valence-corrected chi connectivity index (χ2v) is 4.16. The molecule has 2 heteroatoms. The molecule has 0 aliphatic rings. The molecule has 0 saturated carbocycles. The zero-order valence-electron chi connectivity index (χ0n) is 8.43. The van der Waals surface area contributed by atoms with E-state index in [-0.39, 0.29) is 0 Å². The van der Waals surface area contributed by atoms with Gasteiger partial charge in [0, 0.05) is 10.0 Å². The van der Waals surface area contributed by atoms with E-state index in [4.69, 9.17) is 23.2 Å². The van der Waals surface area contributed by atoms with Crippen molar-refractivity contribution < 1.29 is 0 Å². The molecule has 1 rings (SSSR count). The molecule has 0 heterocycles. The Kier molecular flexibility index (Phi) is 4.50. The van der Waals surface area contributed by atoms with Crippen LogP contribution in [0.15, 0.2) is 30.4 Å². The maximum absolute atomic E-state index is 6.09. The van der Waals surface area contributed by atoms with Crippen molar-refractivity contribution in [1.29, 1.82) is 0 Å². The first kappa shape index (κ1) is 11.6. The molecule has 1 atom stereocenters. The molecular weight excluding hydrogens is 215 g/mol. The number of hydrogen-bond donors (Lipinski definition) is 0. The summed E-state index contributed by atoms with van der Waals surface area (Å²) in [6.07, 6.45) is 5.14. The van der Waals surface area contributed by atoms with Crippen molar-refractivity contribution in [2.75, 3.05) is 0 Å². The lowest BCUT2D eigenvalue weighted by molar-refractivity contribution is 0.780. The molecule has 0 bridgehead atoms. The standard InChI is InChI=1S/C12H14Cl2/c1-3-4-6-9(2)12-10(13)7-5-8-11(12)14/h3-5,7-9H,6H2,1-2H3. The number of benzene rings is 1. The summed E-state index contributed by atoms with van der Waals surface area (Å²) in [7, 11) is 0. The molecule has 0 fully saturated rings. The third-order valence-corrected chi connectivity index (χ3v) is 2.88. The Morgan fingerprint density at radius 2 is 1.86 bits per heavy atom. The van der Waals surface area contributed by atoms with Gasteiger partial charge in [-0.1, -0.05) is 48.3 Å². The Morgan fingerprint density at radius 1 is 1.29 bits per heavy atom. The van der Waals surface area contributed by atoms with Crippen LogP contribution in [0.5, 0.6) is 0 Å². The SMILES string of the molecule is CC=CCC(C)c1c(Cl)cccc1Cl. The second kappa shape index (κ2) is 5.43. The Labute approximate surface area is 95.5 Å². The average molecular weight is 229 g/mol. The van der Waals surface area contributed by atoms with Crippen molar-refractivity contribution in [3.8, 4) is 0 Å². The molecule has 0 spiro atoms. The lowest BCUT2D eigenvalue weighted by Gasteiger charge is -2.13. The molecular formula is C12H14Cl2. The largest absolute Gasteiger partial charge is 0.0916 e. The second-order valence-electron chi connectivity index (χ2n) is 3.34. The first-order chi connectivity index (χ1) is 6.66. The van der Waals surface area contributed by atoms with Crippen LogP contribution in [0.3, 0.4) is 0 Å². The van der Waals surface area contributed by atoms with Crippen LogP contribution in [0.4, 0.5) is 0 Å². The average Bonchev–Trinajstić information content (AvgIpc) is 2.14. The van der Waals surface area contributed by atoms with Gasteiger partial charge in [-0.05, 0) is 37.0 Å². The van der Waals surface area contributed by atoms with Crippen LogP contribution in [0.1, 0.15) is 31.7 Å². The number of hydrogen-bond acceptors (Lipinski definition) is 0. The van der Waals surface area contributed by atoms with Crippen molar-refractivity contribution in [2.45, 2.75) is 26.2 Å². The van der Waals surface area contributed by atoms with Gasteiger partial charge in [-0.15, -0.1) is 0 Å². The van der Waals surface area contributed by atoms with Gasteiger partial charge in [-0.25, -0.2) is 0 Å². The minimum Gasteiger partial charge on any atom is -0.0916 e. The van der Waals surface area contributed by atoms with E-state index in [1.165, 1.54) is 0 Å². The van der Waals surface area contributed by atoms with E-state index in [1.54, 1.807) is 0 Å². The fourth-order valence-corrected chi connectivity index (χ4v) is 2.21. The molecule has 14 heavy (non-hydrogen) atoms. The summed E-state index contributed by atoms with van der Waals surface area (Å²) in [5.41, 5.74) is 1.05. The lowest BCUT2D eigenvalue weighted by atomic mass is 9.97. The summed E-state index contributed by atoms with van der Waals surface area (Å²) in [5.74, 6) is 0.368. The van der Waals surface area contributed by atoms with Gasteiger partial charge in [0.05, 0.1) is 0 Å². The van der Waals surface area contributed by atoms with E-state index < -0.39 is 0 Å². The Morgan fingerprint density at radius 3 is 2.36 bits per heavy atom. The minimum atomic E-state index is 0.368. The Bertz CT molecular complexity index is 309. The summed E-state index contributed by atoms with van der Waals surface area (Å²) < 4.78 is 0. The van der Waals surface area contributed by atoms with Crippen molar-refractivity contribution >= 4 is 23.2 Å². The summed E-state index contributed by atoms with van der Waals surface area (Å²) in [5, 5.41) is 1.52. The van der Waals surface area contributed by atoms with E-state index in [1.807, 2.05) is 31.2 Å². The van der Waals surface area contributed by atoms with Gasteiger partial charge in [0.25, 0.3) is 0 Å². The molecule has 0 amide bonds. The third-order valence-electron chi connectivity index (χ3n) is 2.22. The minimum absolute atomic E-state index is 0.368. The summed E-state index contributed by atoms with van der Waals surface area (Å²) in [6.45, 7) is 4.15. The molecule has 0 saturated heterocycles. The maximum atomic E-state index is 6.09. The highest BCUT2D eigenvalue weighted by Gasteiger charge is 2.11. The predicted molar refractivity (Wildman–Crippen MR) is 64.3 cm³/mol. The molecule has 1 unspecified atom stereocenters. The van der Waals surface area contributed by atoms with E-state index in [0.29, 0.717) is 5.92 Å². The van der Waals surface area contributed by atoms with Gasteiger partial charge in [0.2, 0.25) is 0 Å². The monoisotopic (exact) mass is 228 g/mol. The highest BCUT2D eigenvalue weighted by molar-refractivity contribution is 6.36. The van der Waals surface area contributed by atoms with E-state index in [9.17, 15) is 0 Å². The van der Waals surface area contributed by atoms with Crippen molar-refractivity contribution in [3.63, 3.8) is 0 Å². The molecule has 1 aromatic carbocycles. The van der Waals surface area contributed by atoms with Gasteiger partial charge >= 0.3 is 0 Å². The molecule has 0 aliphatic heterocycles. The van der Waals surface area contributed by atoms with Crippen molar-refractivity contribution in [1.82, 2.24) is 0 Å². The Balaban J connectivity index is 2.93. The van der Waals surface area contributed by atoms with Crippen LogP contribution in [0.2, 0.25) is 10.0 Å².